The summed E-state index contributed by atoms with van der Waals surface area (Å²) in [5, 5.41) is 0. The third-order valence-corrected chi connectivity index (χ3v) is 2.73. The summed E-state index contributed by atoms with van der Waals surface area (Å²) in [6.07, 6.45) is 3.54. The number of ether oxygens (including phenoxy) is 1. The average molecular weight is 206 g/mol. The molecule has 2 rings (SSSR count). The van der Waals surface area contributed by atoms with Gasteiger partial charge in [-0.1, -0.05) is 0 Å². The minimum absolute atomic E-state index is 0.332. The Balaban J connectivity index is 2.23. The molecule has 0 aliphatic carbocycles. The van der Waals surface area contributed by atoms with E-state index in [0.717, 1.165) is 25.1 Å². The third kappa shape index (κ3) is 1.99. The molecule has 0 radical (unpaired) electrons. The maximum Gasteiger partial charge on any atom is 0.153 e. The van der Waals surface area contributed by atoms with Gasteiger partial charge in [-0.3, -0.25) is 4.79 Å². The number of aldehydes is 1. The van der Waals surface area contributed by atoms with Gasteiger partial charge in [-0.25, -0.2) is 4.98 Å². The molecule has 1 aliphatic heterocycles. The second-order valence-electron chi connectivity index (χ2n) is 3.66. The predicted octanol–water partition coefficient (Wildman–Crippen LogP) is 1.12. The van der Waals surface area contributed by atoms with Gasteiger partial charge in [-0.05, 0) is 18.6 Å². The van der Waals surface area contributed by atoms with Crippen molar-refractivity contribution in [3.8, 4) is 0 Å². The zero-order valence-corrected chi connectivity index (χ0v) is 8.72. The Morgan fingerprint density at radius 2 is 2.53 bits per heavy atom. The number of nitrogens with zero attached hydrogens (tertiary/aromatic N) is 2. The number of carbonyl (C=O) groups is 1. The number of likely N-dealkylation sites (N-methyl/N-ethyl adjacent to an activating group) is 1. The van der Waals surface area contributed by atoms with Crippen LogP contribution in [0.15, 0.2) is 18.3 Å². The van der Waals surface area contributed by atoms with Crippen LogP contribution in [-0.2, 0) is 4.74 Å². The van der Waals surface area contributed by atoms with Gasteiger partial charge in [-0.2, -0.15) is 0 Å². The zero-order chi connectivity index (χ0) is 10.7. The second kappa shape index (κ2) is 4.40. The molecule has 0 aromatic carbocycles. The van der Waals surface area contributed by atoms with Crippen molar-refractivity contribution in [2.24, 2.45) is 0 Å². The van der Waals surface area contributed by atoms with E-state index in [4.69, 9.17) is 4.74 Å². The summed E-state index contributed by atoms with van der Waals surface area (Å²) >= 11 is 0. The van der Waals surface area contributed by atoms with E-state index < -0.39 is 0 Å². The topological polar surface area (TPSA) is 42.4 Å². The van der Waals surface area contributed by atoms with E-state index in [1.165, 1.54) is 0 Å². The number of hydrogen-bond acceptors (Lipinski definition) is 4. The van der Waals surface area contributed by atoms with Crippen molar-refractivity contribution in [3.63, 3.8) is 0 Å². The number of anilines is 1. The van der Waals surface area contributed by atoms with Crippen LogP contribution in [0.1, 0.15) is 16.8 Å². The van der Waals surface area contributed by atoms with E-state index in [9.17, 15) is 4.79 Å². The number of pyridine rings is 1. The molecule has 1 aromatic heterocycles. The van der Waals surface area contributed by atoms with Crippen molar-refractivity contribution in [2.75, 3.05) is 25.2 Å². The maximum absolute atomic E-state index is 10.8. The van der Waals surface area contributed by atoms with Crippen molar-refractivity contribution in [1.82, 2.24) is 4.98 Å². The molecule has 2 heterocycles. The lowest BCUT2D eigenvalue weighted by atomic mass is 10.2. The fourth-order valence-electron chi connectivity index (χ4n) is 1.80. The van der Waals surface area contributed by atoms with Crippen LogP contribution in [0.3, 0.4) is 0 Å². The van der Waals surface area contributed by atoms with Crippen LogP contribution in [0.25, 0.3) is 0 Å². The molecule has 1 saturated heterocycles. The molecule has 1 unspecified atom stereocenters. The van der Waals surface area contributed by atoms with Crippen LogP contribution in [0.4, 0.5) is 5.82 Å². The molecule has 1 fully saturated rings. The number of carbonyl (C=O) groups excluding carboxylic acids is 1. The van der Waals surface area contributed by atoms with Crippen molar-refractivity contribution in [3.05, 3.63) is 23.9 Å². The SMILES string of the molecule is CN(c1ncccc1C=O)C1CCOC1. The van der Waals surface area contributed by atoms with E-state index in [2.05, 4.69) is 4.98 Å². The Labute approximate surface area is 88.9 Å². The molecule has 15 heavy (non-hydrogen) atoms. The summed E-state index contributed by atoms with van der Waals surface area (Å²) in [4.78, 5) is 17.1. The van der Waals surface area contributed by atoms with E-state index >= 15 is 0 Å². The lowest BCUT2D eigenvalue weighted by molar-refractivity contribution is 0.112. The summed E-state index contributed by atoms with van der Waals surface area (Å²) in [5.74, 6) is 0.739. The van der Waals surface area contributed by atoms with Gasteiger partial charge >= 0.3 is 0 Å². The van der Waals surface area contributed by atoms with Gasteiger partial charge in [0.25, 0.3) is 0 Å². The molecule has 1 atom stereocenters. The van der Waals surface area contributed by atoms with Crippen molar-refractivity contribution < 1.29 is 9.53 Å². The third-order valence-electron chi connectivity index (χ3n) is 2.73. The van der Waals surface area contributed by atoms with E-state index in [0.29, 0.717) is 18.2 Å². The number of aromatic nitrogens is 1. The van der Waals surface area contributed by atoms with Crippen molar-refractivity contribution in [2.45, 2.75) is 12.5 Å². The van der Waals surface area contributed by atoms with Gasteiger partial charge < -0.3 is 9.64 Å². The zero-order valence-electron chi connectivity index (χ0n) is 8.72. The molecule has 0 saturated carbocycles. The van der Waals surface area contributed by atoms with Crippen LogP contribution < -0.4 is 4.90 Å². The van der Waals surface area contributed by atoms with Gasteiger partial charge in [0.05, 0.1) is 18.2 Å². The fraction of sp³-hybridized carbons (Fsp3) is 0.455. The lowest BCUT2D eigenvalue weighted by Crippen LogP contribution is -2.33. The predicted molar refractivity (Wildman–Crippen MR) is 57.3 cm³/mol. The molecule has 0 spiro atoms. The van der Waals surface area contributed by atoms with Gasteiger partial charge in [0.1, 0.15) is 5.82 Å². The first kappa shape index (κ1) is 10.1. The highest BCUT2D eigenvalue weighted by molar-refractivity contribution is 5.82. The van der Waals surface area contributed by atoms with Gasteiger partial charge in [0.2, 0.25) is 0 Å². The van der Waals surface area contributed by atoms with E-state index in [1.54, 1.807) is 18.3 Å². The highest BCUT2D eigenvalue weighted by atomic mass is 16.5. The summed E-state index contributed by atoms with van der Waals surface area (Å²) in [7, 11) is 1.95. The minimum atomic E-state index is 0.332. The standard InChI is InChI=1S/C11H14N2O2/c1-13(10-4-6-15-8-10)11-9(7-14)3-2-5-12-11/h2-3,5,7,10H,4,6,8H2,1H3. The summed E-state index contributed by atoms with van der Waals surface area (Å²) in [6, 6.07) is 3.88. The smallest absolute Gasteiger partial charge is 0.153 e. The fourth-order valence-corrected chi connectivity index (χ4v) is 1.80. The minimum Gasteiger partial charge on any atom is -0.379 e. The van der Waals surface area contributed by atoms with Crippen LogP contribution in [0.5, 0.6) is 0 Å². The largest absolute Gasteiger partial charge is 0.379 e. The van der Waals surface area contributed by atoms with Gasteiger partial charge in [0, 0.05) is 19.9 Å². The Morgan fingerprint density at radius 1 is 1.67 bits per heavy atom. The van der Waals surface area contributed by atoms with Crippen LogP contribution in [-0.4, -0.2) is 37.6 Å². The quantitative estimate of drug-likeness (QED) is 0.695. The monoisotopic (exact) mass is 206 g/mol. The normalized spacial score (nSPS) is 20.2. The molecular formula is C11H14N2O2. The Morgan fingerprint density at radius 3 is 3.20 bits per heavy atom. The number of rotatable bonds is 3. The molecule has 80 valence electrons. The first-order chi connectivity index (χ1) is 7.33. The molecule has 0 amide bonds. The molecule has 0 bridgehead atoms. The highest BCUT2D eigenvalue weighted by Crippen LogP contribution is 2.20. The lowest BCUT2D eigenvalue weighted by Gasteiger charge is -2.25. The molecular weight excluding hydrogens is 192 g/mol. The van der Waals surface area contributed by atoms with Gasteiger partial charge in [0.15, 0.2) is 6.29 Å². The number of hydrogen-bond donors (Lipinski definition) is 0. The maximum atomic E-state index is 10.8. The molecule has 0 N–H and O–H groups in total. The molecule has 1 aliphatic rings. The molecule has 1 aromatic rings. The van der Waals surface area contributed by atoms with Crippen LogP contribution >= 0.6 is 0 Å². The summed E-state index contributed by atoms with van der Waals surface area (Å²) < 4.78 is 5.32. The van der Waals surface area contributed by atoms with Crippen molar-refractivity contribution in [1.29, 1.82) is 0 Å². The van der Waals surface area contributed by atoms with Gasteiger partial charge in [-0.15, -0.1) is 0 Å². The first-order valence-corrected chi connectivity index (χ1v) is 5.03. The highest BCUT2D eigenvalue weighted by Gasteiger charge is 2.22. The van der Waals surface area contributed by atoms with Crippen molar-refractivity contribution >= 4 is 12.1 Å². The van der Waals surface area contributed by atoms with E-state index in [-0.39, 0.29) is 0 Å². The van der Waals surface area contributed by atoms with Crippen LogP contribution in [0, 0.1) is 0 Å². The summed E-state index contributed by atoms with van der Waals surface area (Å²) in [5.41, 5.74) is 0.631. The summed E-state index contributed by atoms with van der Waals surface area (Å²) in [6.45, 7) is 1.50. The second-order valence-corrected chi connectivity index (χ2v) is 3.66. The molecule has 4 nitrogen and oxygen atoms in total. The molecule has 4 heteroatoms. The Hall–Kier alpha value is -1.42. The Kier molecular flexibility index (Phi) is 2.97. The van der Waals surface area contributed by atoms with E-state index in [1.807, 2.05) is 11.9 Å². The Bertz CT molecular complexity index is 348. The first-order valence-electron chi connectivity index (χ1n) is 5.03. The van der Waals surface area contributed by atoms with Crippen LogP contribution in [0.2, 0.25) is 0 Å². The average Bonchev–Trinajstić information content (AvgIpc) is 2.81.